The van der Waals surface area contributed by atoms with Crippen molar-refractivity contribution in [2.45, 2.75) is 31.8 Å². The predicted molar refractivity (Wildman–Crippen MR) is 61.8 cm³/mol. The van der Waals surface area contributed by atoms with Gasteiger partial charge in [0, 0.05) is 13.7 Å². The molecule has 1 aliphatic carbocycles. The van der Waals surface area contributed by atoms with Crippen molar-refractivity contribution in [1.29, 1.82) is 0 Å². The van der Waals surface area contributed by atoms with Crippen molar-refractivity contribution in [2.24, 2.45) is 5.92 Å². The van der Waals surface area contributed by atoms with Crippen LogP contribution in [0.2, 0.25) is 0 Å². The molecule has 6 heteroatoms. The minimum Gasteiger partial charge on any atom is -0.479 e. The molecule has 1 fully saturated rings. The quantitative estimate of drug-likeness (QED) is 0.637. The second-order valence-electron chi connectivity index (χ2n) is 4.30. The molecule has 0 spiro atoms. The summed E-state index contributed by atoms with van der Waals surface area (Å²) in [6.07, 6.45) is 3.80. The van der Waals surface area contributed by atoms with E-state index in [1.807, 2.05) is 0 Å². The Balaban J connectivity index is 2.13. The maximum atomic E-state index is 11.4. The molecule has 2 amide bonds. The number of carbonyl (C=O) groups is 2. The topological polar surface area (TPSA) is 87.7 Å². The fraction of sp³-hybridized carbons (Fsp3) is 0.818. The summed E-state index contributed by atoms with van der Waals surface area (Å²) in [6.45, 7) is 0.638. The number of nitrogens with one attached hydrogen (secondary N) is 2. The van der Waals surface area contributed by atoms with Crippen LogP contribution in [-0.4, -0.2) is 43.4 Å². The first-order valence-corrected chi connectivity index (χ1v) is 5.90. The summed E-state index contributed by atoms with van der Waals surface area (Å²) < 4.78 is 4.70. The van der Waals surface area contributed by atoms with E-state index < -0.39 is 12.1 Å². The van der Waals surface area contributed by atoms with Crippen LogP contribution in [0, 0.1) is 5.92 Å². The molecule has 1 rings (SSSR count). The van der Waals surface area contributed by atoms with Gasteiger partial charge in [-0.25, -0.2) is 9.59 Å². The Morgan fingerprint density at radius 1 is 1.35 bits per heavy atom. The summed E-state index contributed by atoms with van der Waals surface area (Å²) in [4.78, 5) is 22.0. The van der Waals surface area contributed by atoms with Crippen molar-refractivity contribution in [3.05, 3.63) is 0 Å². The first-order valence-electron chi connectivity index (χ1n) is 5.90. The first kappa shape index (κ1) is 13.8. The lowest BCUT2D eigenvalue weighted by Gasteiger charge is -2.14. The van der Waals surface area contributed by atoms with Gasteiger partial charge in [-0.2, -0.15) is 0 Å². The Bertz CT molecular complexity index is 264. The zero-order valence-corrected chi connectivity index (χ0v) is 10.1. The minimum absolute atomic E-state index is 0.0255. The lowest BCUT2D eigenvalue weighted by atomic mass is 10.1. The predicted octanol–water partition coefficient (Wildman–Crippen LogP) is 0.575. The molecule has 0 aromatic heterocycles. The van der Waals surface area contributed by atoms with Crippen LogP contribution in [0.1, 0.15) is 25.7 Å². The van der Waals surface area contributed by atoms with Crippen LogP contribution in [0.15, 0.2) is 0 Å². The molecule has 1 unspecified atom stereocenters. The molecule has 98 valence electrons. The maximum Gasteiger partial charge on any atom is 0.334 e. The van der Waals surface area contributed by atoms with Crippen LogP contribution in [0.5, 0.6) is 0 Å². The average molecular weight is 244 g/mol. The van der Waals surface area contributed by atoms with Crippen LogP contribution in [0.4, 0.5) is 4.79 Å². The average Bonchev–Trinajstić information content (AvgIpc) is 2.79. The lowest BCUT2D eigenvalue weighted by Crippen LogP contribution is -2.43. The van der Waals surface area contributed by atoms with E-state index in [2.05, 4.69) is 10.6 Å². The van der Waals surface area contributed by atoms with Gasteiger partial charge < -0.3 is 20.5 Å². The zero-order chi connectivity index (χ0) is 12.7. The van der Waals surface area contributed by atoms with E-state index in [4.69, 9.17) is 9.84 Å². The number of carbonyl (C=O) groups excluding carboxylic acids is 1. The Kier molecular flexibility index (Phi) is 5.76. The minimum atomic E-state index is -1.08. The fourth-order valence-electron chi connectivity index (χ4n) is 1.97. The van der Waals surface area contributed by atoms with E-state index >= 15 is 0 Å². The number of hydrogen-bond acceptors (Lipinski definition) is 3. The number of carboxylic acids is 1. The molecule has 0 heterocycles. The van der Waals surface area contributed by atoms with Gasteiger partial charge in [0.05, 0.1) is 6.54 Å². The number of aliphatic carboxylic acids is 1. The molecule has 0 saturated heterocycles. The Morgan fingerprint density at radius 2 is 2.00 bits per heavy atom. The molecule has 1 saturated carbocycles. The van der Waals surface area contributed by atoms with Crippen LogP contribution < -0.4 is 10.6 Å². The number of carboxylic acid groups (broad SMARTS) is 1. The van der Waals surface area contributed by atoms with Crippen molar-refractivity contribution < 1.29 is 19.4 Å². The van der Waals surface area contributed by atoms with Gasteiger partial charge >= 0.3 is 12.0 Å². The van der Waals surface area contributed by atoms with E-state index in [1.54, 1.807) is 0 Å². The Morgan fingerprint density at radius 3 is 2.53 bits per heavy atom. The van der Waals surface area contributed by atoms with Crippen molar-refractivity contribution in [1.82, 2.24) is 10.6 Å². The molecule has 0 aliphatic heterocycles. The highest BCUT2D eigenvalue weighted by molar-refractivity contribution is 5.76. The van der Waals surface area contributed by atoms with Crippen LogP contribution in [-0.2, 0) is 9.53 Å². The van der Waals surface area contributed by atoms with E-state index in [0.29, 0.717) is 12.5 Å². The molecule has 17 heavy (non-hydrogen) atoms. The summed E-state index contributed by atoms with van der Waals surface area (Å²) in [7, 11) is 1.30. The number of amides is 2. The zero-order valence-electron chi connectivity index (χ0n) is 10.1. The summed E-state index contributed by atoms with van der Waals surface area (Å²) in [6, 6.07) is -0.333. The van der Waals surface area contributed by atoms with Gasteiger partial charge in [0.15, 0.2) is 6.10 Å². The highest BCUT2D eigenvalue weighted by atomic mass is 16.5. The second kappa shape index (κ2) is 7.11. The first-order chi connectivity index (χ1) is 8.13. The number of ether oxygens (including phenoxy) is 1. The monoisotopic (exact) mass is 244 g/mol. The number of rotatable bonds is 6. The number of urea groups is 1. The third kappa shape index (κ3) is 5.04. The van der Waals surface area contributed by atoms with E-state index in [9.17, 15) is 9.59 Å². The Labute approximate surface area is 101 Å². The van der Waals surface area contributed by atoms with Crippen molar-refractivity contribution in [2.75, 3.05) is 20.2 Å². The van der Waals surface area contributed by atoms with Gasteiger partial charge in [0.25, 0.3) is 0 Å². The number of methoxy groups -OCH3 is 1. The smallest absolute Gasteiger partial charge is 0.334 e. The molecular formula is C11H20N2O4. The highest BCUT2D eigenvalue weighted by Crippen LogP contribution is 2.23. The standard InChI is InChI=1S/C11H20N2O4/c1-17-9(10(14)15)7-13-11(16)12-6-8-4-2-3-5-8/h8-9H,2-7H2,1H3,(H,14,15)(H2,12,13,16). The third-order valence-electron chi connectivity index (χ3n) is 3.03. The molecule has 0 aromatic rings. The van der Waals surface area contributed by atoms with E-state index in [1.165, 1.54) is 20.0 Å². The molecule has 1 atom stereocenters. The maximum absolute atomic E-state index is 11.4. The van der Waals surface area contributed by atoms with Gasteiger partial charge in [-0.05, 0) is 18.8 Å². The normalized spacial score (nSPS) is 17.7. The van der Waals surface area contributed by atoms with Gasteiger partial charge in [-0.1, -0.05) is 12.8 Å². The van der Waals surface area contributed by atoms with Crippen molar-refractivity contribution in [3.8, 4) is 0 Å². The molecular weight excluding hydrogens is 224 g/mol. The molecule has 0 bridgehead atoms. The number of hydrogen-bond donors (Lipinski definition) is 3. The molecule has 0 aromatic carbocycles. The van der Waals surface area contributed by atoms with Gasteiger partial charge in [0.2, 0.25) is 0 Å². The van der Waals surface area contributed by atoms with Gasteiger partial charge in [0.1, 0.15) is 0 Å². The van der Waals surface area contributed by atoms with Crippen LogP contribution in [0.3, 0.4) is 0 Å². The fourth-order valence-corrected chi connectivity index (χ4v) is 1.97. The molecule has 6 nitrogen and oxygen atoms in total. The SMILES string of the molecule is COC(CNC(=O)NCC1CCCC1)C(=O)O. The third-order valence-corrected chi connectivity index (χ3v) is 3.03. The largest absolute Gasteiger partial charge is 0.479 e. The summed E-state index contributed by atoms with van der Waals surface area (Å²) >= 11 is 0. The van der Waals surface area contributed by atoms with Crippen molar-refractivity contribution in [3.63, 3.8) is 0 Å². The van der Waals surface area contributed by atoms with Gasteiger partial charge in [-0.15, -0.1) is 0 Å². The van der Waals surface area contributed by atoms with Crippen molar-refractivity contribution >= 4 is 12.0 Å². The van der Waals surface area contributed by atoms with Gasteiger partial charge in [-0.3, -0.25) is 0 Å². The second-order valence-corrected chi connectivity index (χ2v) is 4.30. The summed E-state index contributed by atoms with van der Waals surface area (Å²) in [5.74, 6) is -0.512. The lowest BCUT2D eigenvalue weighted by molar-refractivity contribution is -0.147. The molecule has 1 aliphatic rings. The summed E-state index contributed by atoms with van der Waals surface area (Å²) in [5.41, 5.74) is 0. The summed E-state index contributed by atoms with van der Waals surface area (Å²) in [5, 5.41) is 13.9. The molecule has 3 N–H and O–H groups in total. The highest BCUT2D eigenvalue weighted by Gasteiger charge is 2.18. The van der Waals surface area contributed by atoms with E-state index in [0.717, 1.165) is 12.8 Å². The van der Waals surface area contributed by atoms with Crippen LogP contribution >= 0.6 is 0 Å². The van der Waals surface area contributed by atoms with E-state index in [-0.39, 0.29) is 12.6 Å². The molecule has 0 radical (unpaired) electrons. The Hall–Kier alpha value is -1.30. The van der Waals surface area contributed by atoms with Crippen LogP contribution in [0.25, 0.3) is 0 Å².